The molecule has 0 aromatic rings. The molecule has 7 nitrogen and oxygen atoms in total. The number of fused-ring (bicyclic) bond motifs is 5. The van der Waals surface area contributed by atoms with Crippen LogP contribution in [0.15, 0.2) is 11.6 Å². The van der Waals surface area contributed by atoms with Crippen LogP contribution in [0.2, 0.25) is 0 Å². The Bertz CT molecular complexity index is 1040. The number of nitrogens with zero attached hydrogens (tertiary/aromatic N) is 2. The highest BCUT2D eigenvalue weighted by Gasteiger charge is 2.59. The molecule has 2 amide bonds. The van der Waals surface area contributed by atoms with Crippen LogP contribution in [0.25, 0.3) is 0 Å². The average Bonchev–Trinajstić information content (AvgIpc) is 3.32. The summed E-state index contributed by atoms with van der Waals surface area (Å²) in [5.41, 5.74) is 2.24. The first-order valence-electron chi connectivity index (χ1n) is 17.2. The highest BCUT2D eigenvalue weighted by Crippen LogP contribution is 2.67. The van der Waals surface area contributed by atoms with Gasteiger partial charge in [0, 0.05) is 33.6 Å². The molecule has 7 heteroatoms. The summed E-state index contributed by atoms with van der Waals surface area (Å²) in [4.78, 5) is 39.4. The number of likely N-dealkylation sites (N-methyl/N-ethyl adjacent to an activating group) is 2. The van der Waals surface area contributed by atoms with Gasteiger partial charge in [0.1, 0.15) is 12.5 Å². The molecule has 4 rings (SSSR count). The number of allylic oxidation sites excluding steroid dienone is 1. The Morgan fingerprint density at radius 1 is 0.953 bits per heavy atom. The molecule has 0 aromatic carbocycles. The molecule has 0 aromatic heterocycles. The van der Waals surface area contributed by atoms with Crippen LogP contribution in [-0.4, -0.2) is 68.2 Å². The SMILES string of the molecule is COC(=O)CC(=O)N(C)CCN(C)C(=O)O[C@H]1CC[C@@]2(C)C(=CC[C@H]3[C@@H]4CC[C@H]([C@H](C)CCCC(C)C)[C@@]4(C)CC[C@@H]32)C1. The Labute approximate surface area is 261 Å². The number of methoxy groups -OCH3 is 1. The Kier molecular flexibility index (Phi) is 11.0. The summed E-state index contributed by atoms with van der Waals surface area (Å²) in [6, 6.07) is 0. The van der Waals surface area contributed by atoms with Crippen LogP contribution >= 0.6 is 0 Å². The number of hydrogen-bond acceptors (Lipinski definition) is 5. The number of amides is 2. The van der Waals surface area contributed by atoms with E-state index in [1.807, 2.05) is 0 Å². The molecule has 0 N–H and O–H groups in total. The van der Waals surface area contributed by atoms with Crippen molar-refractivity contribution in [3.63, 3.8) is 0 Å². The lowest BCUT2D eigenvalue weighted by Crippen LogP contribution is -2.51. The van der Waals surface area contributed by atoms with E-state index in [2.05, 4.69) is 45.4 Å². The fourth-order valence-electron chi connectivity index (χ4n) is 9.83. The molecule has 3 saturated carbocycles. The fraction of sp³-hybridized carbons (Fsp3) is 0.861. The maximum atomic E-state index is 12.9. The van der Waals surface area contributed by atoms with Crippen LogP contribution in [0.4, 0.5) is 4.79 Å². The number of carbonyl (C=O) groups is 3. The van der Waals surface area contributed by atoms with Gasteiger partial charge < -0.3 is 19.3 Å². The van der Waals surface area contributed by atoms with Gasteiger partial charge in [-0.25, -0.2) is 4.79 Å². The zero-order valence-corrected chi connectivity index (χ0v) is 28.5. The minimum atomic E-state index is -0.561. The molecule has 3 fully saturated rings. The summed E-state index contributed by atoms with van der Waals surface area (Å²) in [5.74, 6) is 4.02. The van der Waals surface area contributed by atoms with Gasteiger partial charge in [-0.05, 0) is 91.3 Å². The van der Waals surface area contributed by atoms with Crippen molar-refractivity contribution < 1.29 is 23.9 Å². The smallest absolute Gasteiger partial charge is 0.409 e. The van der Waals surface area contributed by atoms with E-state index in [9.17, 15) is 14.4 Å². The van der Waals surface area contributed by atoms with Crippen molar-refractivity contribution in [1.29, 1.82) is 0 Å². The van der Waals surface area contributed by atoms with Crippen molar-refractivity contribution in [3.05, 3.63) is 11.6 Å². The molecule has 0 aliphatic heterocycles. The predicted molar refractivity (Wildman–Crippen MR) is 170 cm³/mol. The first-order valence-corrected chi connectivity index (χ1v) is 17.2. The average molecular weight is 601 g/mol. The van der Waals surface area contributed by atoms with E-state index < -0.39 is 5.97 Å². The van der Waals surface area contributed by atoms with E-state index in [1.54, 1.807) is 14.1 Å². The highest BCUT2D eigenvalue weighted by molar-refractivity contribution is 5.94. The Morgan fingerprint density at radius 2 is 1.67 bits per heavy atom. The van der Waals surface area contributed by atoms with Crippen LogP contribution in [0, 0.1) is 46.3 Å². The number of carbonyl (C=O) groups excluding carboxylic acids is 3. The van der Waals surface area contributed by atoms with E-state index in [4.69, 9.17) is 4.74 Å². The van der Waals surface area contributed by atoms with E-state index in [-0.39, 0.29) is 29.9 Å². The van der Waals surface area contributed by atoms with Crippen molar-refractivity contribution in [2.24, 2.45) is 46.3 Å². The molecule has 0 saturated heterocycles. The molecule has 0 radical (unpaired) electrons. The molecular formula is C36H60N2O5. The van der Waals surface area contributed by atoms with Crippen LogP contribution in [0.1, 0.15) is 112 Å². The zero-order valence-electron chi connectivity index (χ0n) is 28.5. The minimum Gasteiger partial charge on any atom is -0.469 e. The maximum absolute atomic E-state index is 12.9. The lowest BCUT2D eigenvalue weighted by Gasteiger charge is -2.58. The summed E-state index contributed by atoms with van der Waals surface area (Å²) in [5, 5.41) is 0. The van der Waals surface area contributed by atoms with Gasteiger partial charge in [0.05, 0.1) is 7.11 Å². The maximum Gasteiger partial charge on any atom is 0.409 e. The quantitative estimate of drug-likeness (QED) is 0.140. The van der Waals surface area contributed by atoms with Crippen LogP contribution in [0.3, 0.4) is 0 Å². The van der Waals surface area contributed by atoms with Crippen molar-refractivity contribution in [1.82, 2.24) is 9.80 Å². The third-order valence-electron chi connectivity index (χ3n) is 12.6. The van der Waals surface area contributed by atoms with Crippen LogP contribution in [-0.2, 0) is 19.1 Å². The largest absolute Gasteiger partial charge is 0.469 e. The molecule has 0 unspecified atom stereocenters. The third kappa shape index (κ3) is 7.27. The fourth-order valence-corrected chi connectivity index (χ4v) is 9.83. The number of esters is 1. The molecule has 0 heterocycles. The van der Waals surface area contributed by atoms with Gasteiger partial charge in [0.25, 0.3) is 0 Å². The molecule has 0 bridgehead atoms. The van der Waals surface area contributed by atoms with Gasteiger partial charge in [-0.2, -0.15) is 0 Å². The molecular weight excluding hydrogens is 540 g/mol. The second kappa shape index (κ2) is 13.9. The standard InChI is InChI=1S/C36H60N2O5/c1-24(2)10-9-11-25(3)29-14-15-30-28-13-12-26-22-27(16-18-35(26,4)31(28)17-19-36(29,30)5)43-34(41)38(7)21-20-37(6)32(39)23-33(40)42-8/h12,24-25,27-31H,9-11,13-23H2,1-8H3/t25-,27+,28+,29-,30+,31+,35+,36-/m1/s1. The Morgan fingerprint density at radius 3 is 2.37 bits per heavy atom. The molecule has 8 atom stereocenters. The van der Waals surface area contributed by atoms with Crippen LogP contribution in [0.5, 0.6) is 0 Å². The molecule has 43 heavy (non-hydrogen) atoms. The van der Waals surface area contributed by atoms with Crippen molar-refractivity contribution in [2.75, 3.05) is 34.3 Å². The van der Waals surface area contributed by atoms with Crippen molar-refractivity contribution >= 4 is 18.0 Å². The van der Waals surface area contributed by atoms with Crippen molar-refractivity contribution in [2.45, 2.75) is 118 Å². The molecule has 4 aliphatic rings. The van der Waals surface area contributed by atoms with Gasteiger partial charge in [0.2, 0.25) is 5.91 Å². The van der Waals surface area contributed by atoms with E-state index >= 15 is 0 Å². The van der Waals surface area contributed by atoms with E-state index in [1.165, 1.54) is 73.8 Å². The normalized spacial score (nSPS) is 33.9. The number of hydrogen-bond donors (Lipinski definition) is 0. The van der Waals surface area contributed by atoms with E-state index in [0.717, 1.165) is 54.8 Å². The van der Waals surface area contributed by atoms with Gasteiger partial charge in [-0.1, -0.05) is 65.5 Å². The second-order valence-electron chi connectivity index (χ2n) is 15.5. The number of rotatable bonds is 11. The van der Waals surface area contributed by atoms with Gasteiger partial charge in [0.15, 0.2) is 0 Å². The molecule has 0 spiro atoms. The Balaban J connectivity index is 1.31. The third-order valence-corrected chi connectivity index (χ3v) is 12.6. The Hall–Kier alpha value is -2.05. The summed E-state index contributed by atoms with van der Waals surface area (Å²) in [6.45, 7) is 13.1. The lowest BCUT2D eigenvalue weighted by atomic mass is 9.47. The minimum absolute atomic E-state index is 0.0964. The molecule has 4 aliphatic carbocycles. The summed E-state index contributed by atoms with van der Waals surface area (Å²) in [7, 11) is 4.60. The first-order chi connectivity index (χ1) is 20.3. The van der Waals surface area contributed by atoms with Crippen molar-refractivity contribution in [3.8, 4) is 0 Å². The monoisotopic (exact) mass is 600 g/mol. The lowest BCUT2D eigenvalue weighted by molar-refractivity contribution is -0.146. The summed E-state index contributed by atoms with van der Waals surface area (Å²) < 4.78 is 10.6. The van der Waals surface area contributed by atoms with Crippen LogP contribution < -0.4 is 0 Å². The summed E-state index contributed by atoms with van der Waals surface area (Å²) >= 11 is 0. The predicted octanol–water partition coefficient (Wildman–Crippen LogP) is 7.49. The summed E-state index contributed by atoms with van der Waals surface area (Å²) in [6.07, 6.45) is 15.5. The second-order valence-corrected chi connectivity index (χ2v) is 15.5. The zero-order chi connectivity index (χ0) is 31.5. The highest BCUT2D eigenvalue weighted by atomic mass is 16.6. The topological polar surface area (TPSA) is 76.2 Å². The first kappa shape index (κ1) is 33.8. The van der Waals surface area contributed by atoms with Gasteiger partial charge >= 0.3 is 12.1 Å². The number of ether oxygens (including phenoxy) is 2. The van der Waals surface area contributed by atoms with Gasteiger partial charge in [-0.3, -0.25) is 9.59 Å². The molecule has 244 valence electrons. The van der Waals surface area contributed by atoms with E-state index in [0.29, 0.717) is 18.5 Å². The van der Waals surface area contributed by atoms with Gasteiger partial charge in [-0.15, -0.1) is 0 Å².